The summed E-state index contributed by atoms with van der Waals surface area (Å²) in [7, 11) is 0. The fourth-order valence-electron chi connectivity index (χ4n) is 2.44. The Morgan fingerprint density at radius 3 is 2.28 bits per heavy atom. The van der Waals surface area contributed by atoms with Crippen molar-refractivity contribution in [2.24, 2.45) is 0 Å². The van der Waals surface area contributed by atoms with Gasteiger partial charge in [-0.3, -0.25) is 4.79 Å². The standard InChI is InChI=1S/C19H21F3N2O/c1-13(2)16-5-3-4-6-17(16)23-12-11-18(25)24-15-9-7-14(8-10-15)19(20,21)22/h3-10,13,23H,11-12H2,1-2H3,(H,24,25). The summed E-state index contributed by atoms with van der Waals surface area (Å²) in [5.41, 5.74) is 1.77. The van der Waals surface area contributed by atoms with Gasteiger partial charge in [-0.25, -0.2) is 0 Å². The minimum absolute atomic E-state index is 0.216. The molecular formula is C19H21F3N2O. The summed E-state index contributed by atoms with van der Waals surface area (Å²) >= 11 is 0. The molecule has 0 aromatic heterocycles. The highest BCUT2D eigenvalue weighted by atomic mass is 19.4. The Bertz CT molecular complexity index is 709. The molecule has 0 bridgehead atoms. The molecule has 134 valence electrons. The Kier molecular flexibility index (Phi) is 6.07. The van der Waals surface area contributed by atoms with Crippen LogP contribution in [0.15, 0.2) is 48.5 Å². The first-order valence-electron chi connectivity index (χ1n) is 8.07. The minimum atomic E-state index is -4.38. The molecule has 0 fully saturated rings. The number of amides is 1. The Morgan fingerprint density at radius 2 is 1.68 bits per heavy atom. The highest BCUT2D eigenvalue weighted by Gasteiger charge is 2.29. The molecule has 0 saturated heterocycles. The Morgan fingerprint density at radius 1 is 1.04 bits per heavy atom. The molecule has 0 unspecified atom stereocenters. The van der Waals surface area contributed by atoms with Gasteiger partial charge in [0.25, 0.3) is 0 Å². The van der Waals surface area contributed by atoms with Crippen LogP contribution >= 0.6 is 0 Å². The summed E-state index contributed by atoms with van der Waals surface area (Å²) in [6.45, 7) is 4.63. The normalized spacial score (nSPS) is 11.4. The zero-order valence-corrected chi connectivity index (χ0v) is 14.2. The quantitative estimate of drug-likeness (QED) is 0.745. The maximum absolute atomic E-state index is 12.5. The number of alkyl halides is 3. The first-order chi connectivity index (χ1) is 11.8. The highest BCUT2D eigenvalue weighted by Crippen LogP contribution is 2.29. The van der Waals surface area contributed by atoms with Crippen LogP contribution in [0.3, 0.4) is 0 Å². The molecule has 0 aliphatic rings. The Hall–Kier alpha value is -2.50. The number of anilines is 2. The number of benzene rings is 2. The molecule has 1 amide bonds. The molecule has 2 N–H and O–H groups in total. The maximum atomic E-state index is 12.5. The average Bonchev–Trinajstić information content (AvgIpc) is 2.55. The first-order valence-corrected chi connectivity index (χ1v) is 8.07. The van der Waals surface area contributed by atoms with Crippen molar-refractivity contribution in [3.05, 3.63) is 59.7 Å². The van der Waals surface area contributed by atoms with E-state index in [1.54, 1.807) is 0 Å². The third-order valence-corrected chi connectivity index (χ3v) is 3.75. The van der Waals surface area contributed by atoms with E-state index in [9.17, 15) is 18.0 Å². The molecule has 25 heavy (non-hydrogen) atoms. The van der Waals surface area contributed by atoms with Crippen LogP contribution in [0.4, 0.5) is 24.5 Å². The largest absolute Gasteiger partial charge is 0.416 e. The molecule has 3 nitrogen and oxygen atoms in total. The van der Waals surface area contributed by atoms with E-state index >= 15 is 0 Å². The van der Waals surface area contributed by atoms with Gasteiger partial charge in [0.1, 0.15) is 0 Å². The van der Waals surface area contributed by atoms with E-state index in [1.807, 2.05) is 24.3 Å². The number of hydrogen-bond donors (Lipinski definition) is 2. The predicted octanol–water partition coefficient (Wildman–Crippen LogP) is 5.27. The second-order valence-corrected chi connectivity index (χ2v) is 6.04. The predicted molar refractivity (Wildman–Crippen MR) is 93.7 cm³/mol. The van der Waals surface area contributed by atoms with Crippen molar-refractivity contribution in [3.8, 4) is 0 Å². The number of carbonyl (C=O) groups excluding carboxylic acids is 1. The summed E-state index contributed by atoms with van der Waals surface area (Å²) in [5.74, 6) is 0.110. The van der Waals surface area contributed by atoms with Gasteiger partial charge in [-0.15, -0.1) is 0 Å². The summed E-state index contributed by atoms with van der Waals surface area (Å²) < 4.78 is 37.5. The summed E-state index contributed by atoms with van der Waals surface area (Å²) in [6.07, 6.45) is -4.16. The molecule has 0 saturated carbocycles. The Labute approximate surface area is 145 Å². The zero-order chi connectivity index (χ0) is 18.4. The fourth-order valence-corrected chi connectivity index (χ4v) is 2.44. The van der Waals surface area contributed by atoms with E-state index in [4.69, 9.17) is 0 Å². The molecule has 0 atom stereocenters. The van der Waals surface area contributed by atoms with E-state index in [-0.39, 0.29) is 12.3 Å². The third kappa shape index (κ3) is 5.52. The molecule has 0 radical (unpaired) electrons. The van der Waals surface area contributed by atoms with Crippen LogP contribution in [0.25, 0.3) is 0 Å². The van der Waals surface area contributed by atoms with Crippen LogP contribution < -0.4 is 10.6 Å². The van der Waals surface area contributed by atoms with Crippen LogP contribution in [0.2, 0.25) is 0 Å². The van der Waals surface area contributed by atoms with Gasteiger partial charge in [0.2, 0.25) is 5.91 Å². The number of halogens is 3. The van der Waals surface area contributed by atoms with Gasteiger partial charge in [0.05, 0.1) is 5.56 Å². The van der Waals surface area contributed by atoms with Gasteiger partial charge in [0, 0.05) is 24.3 Å². The van der Waals surface area contributed by atoms with Crippen molar-refractivity contribution in [2.45, 2.75) is 32.4 Å². The lowest BCUT2D eigenvalue weighted by Crippen LogP contribution is -2.17. The van der Waals surface area contributed by atoms with Crippen LogP contribution in [-0.2, 0) is 11.0 Å². The smallest absolute Gasteiger partial charge is 0.384 e. The number of hydrogen-bond acceptors (Lipinski definition) is 2. The van der Waals surface area contributed by atoms with Gasteiger partial charge in [0.15, 0.2) is 0 Å². The first kappa shape index (κ1) is 18.8. The molecular weight excluding hydrogens is 329 g/mol. The number of carbonyl (C=O) groups is 1. The van der Waals surface area contributed by atoms with E-state index < -0.39 is 11.7 Å². The van der Waals surface area contributed by atoms with E-state index in [0.717, 1.165) is 17.8 Å². The van der Waals surface area contributed by atoms with Gasteiger partial charge in [-0.05, 0) is 41.8 Å². The lowest BCUT2D eigenvalue weighted by molar-refractivity contribution is -0.137. The number of nitrogens with one attached hydrogen (secondary N) is 2. The topological polar surface area (TPSA) is 41.1 Å². The summed E-state index contributed by atoms with van der Waals surface area (Å²) in [6, 6.07) is 12.3. The van der Waals surface area contributed by atoms with Crippen LogP contribution in [0.5, 0.6) is 0 Å². The highest BCUT2D eigenvalue weighted by molar-refractivity contribution is 5.91. The lowest BCUT2D eigenvalue weighted by atomic mass is 10.0. The van der Waals surface area contributed by atoms with Gasteiger partial charge in [-0.2, -0.15) is 13.2 Å². The van der Waals surface area contributed by atoms with E-state index in [1.165, 1.54) is 17.7 Å². The molecule has 2 aromatic rings. The van der Waals surface area contributed by atoms with Crippen molar-refractivity contribution in [2.75, 3.05) is 17.2 Å². The van der Waals surface area contributed by atoms with Crippen molar-refractivity contribution in [3.63, 3.8) is 0 Å². The second kappa shape index (κ2) is 8.05. The second-order valence-electron chi connectivity index (χ2n) is 6.04. The monoisotopic (exact) mass is 350 g/mol. The van der Waals surface area contributed by atoms with Gasteiger partial charge < -0.3 is 10.6 Å². The Balaban J connectivity index is 1.85. The molecule has 0 aliphatic carbocycles. The third-order valence-electron chi connectivity index (χ3n) is 3.75. The summed E-state index contributed by atoms with van der Waals surface area (Å²) in [4.78, 5) is 11.9. The van der Waals surface area contributed by atoms with Gasteiger partial charge in [-0.1, -0.05) is 32.0 Å². The SMILES string of the molecule is CC(C)c1ccccc1NCCC(=O)Nc1ccc(C(F)(F)F)cc1. The number of para-hydroxylation sites is 1. The zero-order valence-electron chi connectivity index (χ0n) is 14.2. The average molecular weight is 350 g/mol. The summed E-state index contributed by atoms with van der Waals surface area (Å²) in [5, 5.41) is 5.83. The van der Waals surface area contributed by atoms with Gasteiger partial charge >= 0.3 is 6.18 Å². The molecule has 0 spiro atoms. The van der Waals surface area contributed by atoms with Crippen molar-refractivity contribution < 1.29 is 18.0 Å². The van der Waals surface area contributed by atoms with Crippen LogP contribution in [0, 0.1) is 0 Å². The fraction of sp³-hybridized carbons (Fsp3) is 0.316. The molecule has 6 heteroatoms. The molecule has 0 heterocycles. The van der Waals surface area contributed by atoms with Crippen molar-refractivity contribution >= 4 is 17.3 Å². The van der Waals surface area contributed by atoms with Crippen LogP contribution in [-0.4, -0.2) is 12.5 Å². The van der Waals surface area contributed by atoms with Crippen molar-refractivity contribution in [1.29, 1.82) is 0 Å². The minimum Gasteiger partial charge on any atom is -0.384 e. The van der Waals surface area contributed by atoms with Crippen molar-refractivity contribution in [1.82, 2.24) is 0 Å². The lowest BCUT2D eigenvalue weighted by Gasteiger charge is -2.14. The number of rotatable bonds is 6. The molecule has 2 aromatic carbocycles. The van der Waals surface area contributed by atoms with E-state index in [0.29, 0.717) is 18.2 Å². The molecule has 2 rings (SSSR count). The van der Waals surface area contributed by atoms with E-state index in [2.05, 4.69) is 24.5 Å². The maximum Gasteiger partial charge on any atom is 0.416 e. The van der Waals surface area contributed by atoms with Crippen LogP contribution in [0.1, 0.15) is 37.3 Å². The molecule has 0 aliphatic heterocycles.